The third kappa shape index (κ3) is 4.02. The van der Waals surface area contributed by atoms with Crippen LogP contribution in [-0.4, -0.2) is 18.3 Å². The Morgan fingerprint density at radius 1 is 0.848 bits per heavy atom. The Morgan fingerprint density at radius 3 is 2.36 bits per heavy atom. The number of hydrogen-bond donors (Lipinski definition) is 0. The topological polar surface area (TPSA) is 26.0 Å². The zero-order chi connectivity index (χ0) is 23.3. The minimum absolute atomic E-state index is 0.426. The van der Waals surface area contributed by atoms with Gasteiger partial charge in [-0.1, -0.05) is 32.0 Å². The Balaban J connectivity index is 1.67. The maximum absolute atomic E-state index is 6.51. The number of aryl methyl sites for hydroxylation is 1. The summed E-state index contributed by atoms with van der Waals surface area (Å²) in [7, 11) is 0. The van der Waals surface area contributed by atoms with Crippen LogP contribution in [0.1, 0.15) is 30.9 Å². The number of furan rings is 1. The molecule has 5 aromatic rings. The van der Waals surface area contributed by atoms with Crippen molar-refractivity contribution in [2.75, 3.05) is 0 Å². The second kappa shape index (κ2) is 8.18. The molecule has 166 valence electrons. The Hall–Kier alpha value is -2.85. The quantitative estimate of drug-likeness (QED) is 0.235. The molecule has 0 saturated carbocycles. The molecule has 0 aliphatic carbocycles. The van der Waals surface area contributed by atoms with Gasteiger partial charge in [0, 0.05) is 0 Å². The molecule has 2 heterocycles. The van der Waals surface area contributed by atoms with Crippen LogP contribution in [0.15, 0.2) is 77.3 Å². The average molecular weight is 494 g/mol. The molecule has 3 aromatic carbocycles. The van der Waals surface area contributed by atoms with Gasteiger partial charge in [0.25, 0.3) is 0 Å². The third-order valence-corrected chi connectivity index (χ3v) is 10.9. The normalized spacial score (nSPS) is 12.2. The second-order valence-corrected chi connectivity index (χ2v) is 21.1. The van der Waals surface area contributed by atoms with Gasteiger partial charge in [-0.05, 0) is 0 Å². The molecule has 0 fully saturated rings. The van der Waals surface area contributed by atoms with E-state index in [0.717, 1.165) is 33.6 Å². The molecule has 0 aliphatic rings. The molecule has 0 amide bonds. The van der Waals surface area contributed by atoms with Gasteiger partial charge in [-0.3, -0.25) is 0 Å². The summed E-state index contributed by atoms with van der Waals surface area (Å²) >= 11 is -1.87. The van der Waals surface area contributed by atoms with E-state index in [9.17, 15) is 0 Å². The van der Waals surface area contributed by atoms with E-state index in [-0.39, 0.29) is 0 Å². The molecule has 0 unspecified atom stereocenters. The number of rotatable bonds is 4. The fourth-order valence-corrected chi connectivity index (χ4v) is 7.25. The predicted molar refractivity (Wildman–Crippen MR) is 144 cm³/mol. The molecule has 33 heavy (non-hydrogen) atoms. The summed E-state index contributed by atoms with van der Waals surface area (Å²) in [4.78, 5) is 4.77. The summed E-state index contributed by atoms with van der Waals surface area (Å²) in [6.45, 7) is 6.69. The monoisotopic (exact) mass is 495 g/mol. The van der Waals surface area contributed by atoms with Gasteiger partial charge in [0.05, 0.1) is 0 Å². The summed E-state index contributed by atoms with van der Waals surface area (Å²) in [5.41, 5.74) is 6.65. The fraction of sp³-hybridized carbons (Fsp3) is 0.233. The van der Waals surface area contributed by atoms with Crippen molar-refractivity contribution in [1.29, 1.82) is 0 Å². The molecule has 0 bridgehead atoms. The number of aromatic nitrogens is 1. The van der Waals surface area contributed by atoms with Crippen LogP contribution >= 0.6 is 0 Å². The van der Waals surface area contributed by atoms with Gasteiger partial charge in [-0.2, -0.15) is 0 Å². The second-order valence-electron chi connectivity index (χ2n) is 10.4. The number of benzene rings is 3. The van der Waals surface area contributed by atoms with Crippen molar-refractivity contribution in [3.63, 3.8) is 0 Å². The molecule has 0 radical (unpaired) electrons. The molecular weight excluding hydrogens is 463 g/mol. The van der Waals surface area contributed by atoms with Crippen molar-refractivity contribution in [1.82, 2.24) is 4.98 Å². The standard InChI is InChI=1S/C30H31GeNO/c1-19(2)27-17-23(16-21-9-7-8-10-26(21)27)29-30-22(13-14-32-29)18-28(33-30)25-12-11-24(15-20(25)3)31(4,5)6/h7-19H,1-6H3. The van der Waals surface area contributed by atoms with E-state index >= 15 is 0 Å². The summed E-state index contributed by atoms with van der Waals surface area (Å²) in [6, 6.07) is 24.2. The van der Waals surface area contributed by atoms with Crippen LogP contribution in [0.25, 0.3) is 44.3 Å². The zero-order valence-corrected chi connectivity index (χ0v) is 22.5. The van der Waals surface area contributed by atoms with E-state index in [1.54, 1.807) is 0 Å². The predicted octanol–water partition coefficient (Wildman–Crippen LogP) is 8.29. The van der Waals surface area contributed by atoms with Gasteiger partial charge in [0.1, 0.15) is 0 Å². The van der Waals surface area contributed by atoms with Crippen molar-refractivity contribution >= 4 is 39.4 Å². The molecule has 2 aromatic heterocycles. The van der Waals surface area contributed by atoms with Gasteiger partial charge in [-0.25, -0.2) is 0 Å². The molecule has 0 aliphatic heterocycles. The summed E-state index contributed by atoms with van der Waals surface area (Å²) in [5.74, 6) is 8.64. The Labute approximate surface area is 199 Å². The fourth-order valence-electron chi connectivity index (χ4n) is 4.66. The van der Waals surface area contributed by atoms with Gasteiger partial charge in [0.15, 0.2) is 0 Å². The van der Waals surface area contributed by atoms with Crippen LogP contribution in [0.2, 0.25) is 17.3 Å². The molecule has 0 saturated heterocycles. The average Bonchev–Trinajstić information content (AvgIpc) is 3.21. The van der Waals surface area contributed by atoms with Crippen LogP contribution in [0.3, 0.4) is 0 Å². The summed E-state index contributed by atoms with van der Waals surface area (Å²) in [5, 5.41) is 3.64. The molecule has 3 heteroatoms. The van der Waals surface area contributed by atoms with Crippen molar-refractivity contribution in [2.24, 2.45) is 0 Å². The third-order valence-electron chi connectivity index (χ3n) is 6.58. The molecule has 0 N–H and O–H groups in total. The maximum atomic E-state index is 6.51. The Bertz CT molecular complexity index is 1490. The molecule has 0 spiro atoms. The van der Waals surface area contributed by atoms with Crippen LogP contribution < -0.4 is 4.40 Å². The van der Waals surface area contributed by atoms with Crippen LogP contribution in [-0.2, 0) is 0 Å². The van der Waals surface area contributed by atoms with E-state index in [1.807, 2.05) is 12.3 Å². The SMILES string of the molecule is Cc1c[c]([Ge]([CH3])([CH3])[CH3])ccc1-c1cc2ccnc(-c3cc(C(C)C)c4ccccc4c3)c2o1. The number of nitrogens with zero attached hydrogens (tertiary/aromatic N) is 1. The Morgan fingerprint density at radius 2 is 1.64 bits per heavy atom. The van der Waals surface area contributed by atoms with Crippen molar-refractivity contribution in [2.45, 2.75) is 44.0 Å². The molecule has 0 atom stereocenters. The molecule has 2 nitrogen and oxygen atoms in total. The van der Waals surface area contributed by atoms with E-state index < -0.39 is 13.3 Å². The van der Waals surface area contributed by atoms with E-state index in [2.05, 4.69) is 98.7 Å². The summed E-state index contributed by atoms with van der Waals surface area (Å²) in [6.07, 6.45) is 1.89. The van der Waals surface area contributed by atoms with Gasteiger partial charge < -0.3 is 0 Å². The molecule has 5 rings (SSSR count). The van der Waals surface area contributed by atoms with Crippen LogP contribution in [0.5, 0.6) is 0 Å². The van der Waals surface area contributed by atoms with Crippen molar-refractivity contribution < 1.29 is 4.42 Å². The van der Waals surface area contributed by atoms with Crippen molar-refractivity contribution in [3.05, 3.63) is 84.1 Å². The number of pyridine rings is 1. The number of fused-ring (bicyclic) bond motifs is 2. The van der Waals surface area contributed by atoms with Crippen LogP contribution in [0.4, 0.5) is 0 Å². The summed E-state index contributed by atoms with van der Waals surface area (Å²) < 4.78 is 8.03. The molecular formula is C30H31GeNO. The first-order valence-corrected chi connectivity index (χ1v) is 19.1. The van der Waals surface area contributed by atoms with Crippen LogP contribution in [0, 0.1) is 6.92 Å². The zero-order valence-electron chi connectivity index (χ0n) is 20.4. The van der Waals surface area contributed by atoms with E-state index in [0.29, 0.717) is 5.92 Å². The van der Waals surface area contributed by atoms with Gasteiger partial charge in [-0.15, -0.1) is 0 Å². The van der Waals surface area contributed by atoms with Gasteiger partial charge in [0.2, 0.25) is 0 Å². The first-order chi connectivity index (χ1) is 15.7. The van der Waals surface area contributed by atoms with Gasteiger partial charge >= 0.3 is 167 Å². The van der Waals surface area contributed by atoms with E-state index in [4.69, 9.17) is 9.40 Å². The minimum atomic E-state index is -1.87. The first kappa shape index (κ1) is 22.0. The first-order valence-electron chi connectivity index (χ1n) is 11.8. The van der Waals surface area contributed by atoms with E-state index in [1.165, 1.54) is 26.3 Å². The van der Waals surface area contributed by atoms with Crippen molar-refractivity contribution in [3.8, 4) is 22.6 Å². The Kier molecular flexibility index (Phi) is 5.44. The number of hydrogen-bond acceptors (Lipinski definition) is 2.